The van der Waals surface area contributed by atoms with Gasteiger partial charge in [0.15, 0.2) is 0 Å². The van der Waals surface area contributed by atoms with Gasteiger partial charge in [0.2, 0.25) is 0 Å². The van der Waals surface area contributed by atoms with Gasteiger partial charge < -0.3 is 9.26 Å². The highest BCUT2D eigenvalue weighted by Crippen LogP contribution is 2.39. The van der Waals surface area contributed by atoms with Crippen molar-refractivity contribution in [3.05, 3.63) is 29.3 Å². The smallest absolute Gasteiger partial charge is 0.323 e. The van der Waals surface area contributed by atoms with E-state index in [2.05, 4.69) is 5.09 Å². The number of ether oxygens (including phenoxy) is 1. The first-order valence-electron chi connectivity index (χ1n) is 6.49. The Labute approximate surface area is 136 Å². The molecule has 1 aromatic carbocycles. The number of hydrogen-bond acceptors (Lipinski definition) is 4. The molecule has 0 amide bonds. The SMILES string of the molecule is C[C@H](NP(Cl)Oc1ccc(Cl)cc1)C(=O)OCC(C)(C)C. The van der Waals surface area contributed by atoms with Crippen LogP contribution in [0.1, 0.15) is 27.7 Å². The number of carbonyl (C=O) groups excluding carboxylic acids is 1. The van der Waals surface area contributed by atoms with Crippen LogP contribution >= 0.6 is 30.5 Å². The minimum atomic E-state index is -1.50. The van der Waals surface area contributed by atoms with Gasteiger partial charge in [-0.1, -0.05) is 32.4 Å². The van der Waals surface area contributed by atoms with E-state index in [4.69, 9.17) is 32.1 Å². The van der Waals surface area contributed by atoms with Crippen molar-refractivity contribution in [3.8, 4) is 5.75 Å². The van der Waals surface area contributed by atoms with Gasteiger partial charge in [-0.25, -0.2) is 5.09 Å². The van der Waals surface area contributed by atoms with E-state index in [0.29, 0.717) is 17.4 Å². The Balaban J connectivity index is 2.41. The predicted molar refractivity (Wildman–Crippen MR) is 87.9 cm³/mol. The Bertz CT molecular complexity index is 462. The molecule has 0 aliphatic carbocycles. The highest BCUT2D eigenvalue weighted by Gasteiger charge is 2.21. The zero-order valence-electron chi connectivity index (χ0n) is 12.5. The molecular weight excluding hydrogens is 332 g/mol. The van der Waals surface area contributed by atoms with Crippen molar-refractivity contribution in [1.82, 2.24) is 5.09 Å². The maximum absolute atomic E-state index is 11.8. The topological polar surface area (TPSA) is 47.6 Å². The number of rotatable bonds is 6. The molecule has 1 rings (SSSR count). The molecule has 0 bridgehead atoms. The molecule has 0 heterocycles. The van der Waals surface area contributed by atoms with Gasteiger partial charge in [0.25, 0.3) is 7.65 Å². The van der Waals surface area contributed by atoms with Gasteiger partial charge in [0.1, 0.15) is 11.8 Å². The summed E-state index contributed by atoms with van der Waals surface area (Å²) in [6.07, 6.45) is 0. The van der Waals surface area contributed by atoms with E-state index in [1.54, 1.807) is 31.2 Å². The predicted octanol–water partition coefficient (Wildman–Crippen LogP) is 4.75. The summed E-state index contributed by atoms with van der Waals surface area (Å²) < 4.78 is 10.7. The minimum Gasteiger partial charge on any atom is -0.464 e. The van der Waals surface area contributed by atoms with Crippen molar-refractivity contribution < 1.29 is 14.1 Å². The maximum Gasteiger partial charge on any atom is 0.323 e. The third-order valence-electron chi connectivity index (χ3n) is 2.30. The van der Waals surface area contributed by atoms with Crippen molar-refractivity contribution in [3.63, 3.8) is 0 Å². The molecule has 0 radical (unpaired) electrons. The van der Waals surface area contributed by atoms with Crippen molar-refractivity contribution in [2.24, 2.45) is 5.41 Å². The Hall–Kier alpha value is -0.540. The lowest BCUT2D eigenvalue weighted by atomic mass is 9.99. The molecule has 1 unspecified atom stereocenters. The van der Waals surface area contributed by atoms with Crippen LogP contribution in [0.5, 0.6) is 5.75 Å². The van der Waals surface area contributed by atoms with E-state index in [-0.39, 0.29) is 11.4 Å². The zero-order chi connectivity index (χ0) is 16.0. The molecule has 0 spiro atoms. The summed E-state index contributed by atoms with van der Waals surface area (Å²) in [5.41, 5.74) is -0.0686. The van der Waals surface area contributed by atoms with Crippen LogP contribution in [0.25, 0.3) is 0 Å². The standard InChI is InChI=1S/C14H20Cl2NO3P/c1-10(13(18)19-9-14(2,3)4)17-21(16)20-12-7-5-11(15)6-8-12/h5-8,10,17H,9H2,1-4H3/t10-,21?/m0/s1. The molecule has 7 heteroatoms. The van der Waals surface area contributed by atoms with Crippen LogP contribution < -0.4 is 9.61 Å². The number of benzene rings is 1. The average Bonchev–Trinajstić information content (AvgIpc) is 2.37. The molecule has 21 heavy (non-hydrogen) atoms. The first-order chi connectivity index (χ1) is 9.67. The third-order valence-corrected chi connectivity index (χ3v) is 4.01. The fourth-order valence-corrected chi connectivity index (χ4v) is 2.81. The second kappa shape index (κ2) is 8.19. The summed E-state index contributed by atoms with van der Waals surface area (Å²) in [6.45, 7) is 8.04. The fourth-order valence-electron chi connectivity index (χ4n) is 1.23. The molecule has 118 valence electrons. The van der Waals surface area contributed by atoms with E-state index >= 15 is 0 Å². The highest BCUT2D eigenvalue weighted by atomic mass is 35.7. The first-order valence-corrected chi connectivity index (χ1v) is 9.04. The monoisotopic (exact) mass is 351 g/mol. The molecule has 1 aromatic rings. The summed E-state index contributed by atoms with van der Waals surface area (Å²) in [6, 6.07) is 6.30. The highest BCUT2D eigenvalue weighted by molar-refractivity contribution is 7.78. The number of halogens is 2. The summed E-state index contributed by atoms with van der Waals surface area (Å²) >= 11 is 11.9. The molecule has 0 aliphatic heterocycles. The molecule has 0 fully saturated rings. The molecule has 2 atom stereocenters. The lowest BCUT2D eigenvalue weighted by Gasteiger charge is -2.21. The molecule has 1 N–H and O–H groups in total. The van der Waals surface area contributed by atoms with E-state index < -0.39 is 13.7 Å². The Kier molecular flexibility index (Phi) is 7.22. The number of nitrogens with one attached hydrogen (secondary N) is 1. The molecule has 0 aliphatic rings. The van der Waals surface area contributed by atoms with E-state index in [0.717, 1.165) is 0 Å². The van der Waals surface area contributed by atoms with Crippen LogP contribution in [-0.2, 0) is 9.53 Å². The quantitative estimate of drug-likeness (QED) is 0.593. The molecular formula is C14H20Cl2NO3P. The normalized spacial score (nSPS) is 14.4. The molecule has 0 saturated heterocycles. The van der Waals surface area contributed by atoms with E-state index in [1.807, 2.05) is 20.8 Å². The Morgan fingerprint density at radius 3 is 2.43 bits per heavy atom. The van der Waals surface area contributed by atoms with E-state index in [9.17, 15) is 4.79 Å². The number of carbonyl (C=O) groups is 1. The van der Waals surface area contributed by atoms with E-state index in [1.165, 1.54) is 0 Å². The second-order valence-corrected chi connectivity index (χ2v) is 8.10. The van der Waals surface area contributed by atoms with Crippen LogP contribution in [0.4, 0.5) is 0 Å². The summed E-state index contributed by atoms with van der Waals surface area (Å²) in [7, 11) is -1.50. The summed E-state index contributed by atoms with van der Waals surface area (Å²) in [5.74, 6) is 0.237. The van der Waals surface area contributed by atoms with Gasteiger partial charge in [-0.15, -0.1) is 0 Å². The van der Waals surface area contributed by atoms with Gasteiger partial charge >= 0.3 is 5.97 Å². The van der Waals surface area contributed by atoms with Crippen LogP contribution in [0.3, 0.4) is 0 Å². The third kappa shape index (κ3) is 7.87. The lowest BCUT2D eigenvalue weighted by Crippen LogP contribution is -2.33. The van der Waals surface area contributed by atoms with Gasteiger partial charge in [-0.05, 0) is 47.8 Å². The molecule has 0 saturated carbocycles. The van der Waals surface area contributed by atoms with Gasteiger partial charge in [0, 0.05) is 5.02 Å². The van der Waals surface area contributed by atoms with Gasteiger partial charge in [-0.2, -0.15) is 0 Å². The Morgan fingerprint density at radius 1 is 1.33 bits per heavy atom. The average molecular weight is 352 g/mol. The molecule has 4 nitrogen and oxygen atoms in total. The van der Waals surface area contributed by atoms with Gasteiger partial charge in [0.05, 0.1) is 6.61 Å². The van der Waals surface area contributed by atoms with Crippen molar-refractivity contribution in [1.29, 1.82) is 0 Å². The number of esters is 1. The van der Waals surface area contributed by atoms with Crippen LogP contribution in [0.15, 0.2) is 24.3 Å². The Morgan fingerprint density at radius 2 is 1.90 bits per heavy atom. The summed E-state index contributed by atoms with van der Waals surface area (Å²) in [4.78, 5) is 11.8. The van der Waals surface area contributed by atoms with Gasteiger partial charge in [-0.3, -0.25) is 4.79 Å². The van der Waals surface area contributed by atoms with Crippen LogP contribution in [-0.4, -0.2) is 18.6 Å². The maximum atomic E-state index is 11.8. The second-order valence-electron chi connectivity index (χ2n) is 5.81. The van der Waals surface area contributed by atoms with Crippen LogP contribution in [0.2, 0.25) is 5.02 Å². The lowest BCUT2D eigenvalue weighted by molar-refractivity contribution is -0.147. The summed E-state index contributed by atoms with van der Waals surface area (Å²) in [5, 5.41) is 3.50. The minimum absolute atomic E-state index is 0.0686. The first kappa shape index (κ1) is 18.5. The fraction of sp³-hybridized carbons (Fsp3) is 0.500. The number of hydrogen-bond donors (Lipinski definition) is 1. The van der Waals surface area contributed by atoms with Crippen molar-refractivity contribution in [2.45, 2.75) is 33.7 Å². The molecule has 0 aromatic heterocycles. The zero-order valence-corrected chi connectivity index (χ0v) is 14.9. The van der Waals surface area contributed by atoms with Crippen LogP contribution in [0, 0.1) is 5.41 Å². The largest absolute Gasteiger partial charge is 0.464 e. The van der Waals surface area contributed by atoms with Crippen molar-refractivity contribution in [2.75, 3.05) is 6.61 Å². The van der Waals surface area contributed by atoms with Crippen molar-refractivity contribution >= 4 is 36.5 Å².